The first kappa shape index (κ1) is 21.8. The van der Waals surface area contributed by atoms with Gasteiger partial charge in [0.15, 0.2) is 6.10 Å². The number of rotatable bonds is 9. The summed E-state index contributed by atoms with van der Waals surface area (Å²) in [6.45, 7) is 4.04. The Balaban J connectivity index is 1.39. The van der Waals surface area contributed by atoms with E-state index in [0.717, 1.165) is 5.56 Å². The number of carbonyl (C=O) groups excluding carboxylic acids is 2. The molecule has 0 spiro atoms. The fourth-order valence-electron chi connectivity index (χ4n) is 2.53. The molecule has 2 heterocycles. The van der Waals surface area contributed by atoms with Crippen LogP contribution in [0.3, 0.4) is 0 Å². The lowest BCUT2D eigenvalue weighted by molar-refractivity contribution is -0.132. The van der Waals surface area contributed by atoms with E-state index >= 15 is 0 Å². The van der Waals surface area contributed by atoms with Crippen LogP contribution in [0.4, 0.5) is 0 Å². The molecule has 2 aromatic heterocycles. The molecule has 0 saturated carbocycles. The van der Waals surface area contributed by atoms with Crippen LogP contribution in [-0.2, 0) is 16.0 Å². The number of benzene rings is 1. The number of hydrogen-bond donors (Lipinski definition) is 2. The summed E-state index contributed by atoms with van der Waals surface area (Å²) >= 11 is 0. The zero-order chi connectivity index (χ0) is 22.1. The largest absolute Gasteiger partial charge is 0.494 e. The summed E-state index contributed by atoms with van der Waals surface area (Å²) in [7, 11) is 0. The lowest BCUT2D eigenvalue weighted by atomic mass is 10.2. The van der Waals surface area contributed by atoms with E-state index in [0.29, 0.717) is 29.8 Å². The van der Waals surface area contributed by atoms with E-state index in [1.807, 2.05) is 6.92 Å². The molecule has 0 radical (unpaired) electrons. The minimum Gasteiger partial charge on any atom is -0.494 e. The van der Waals surface area contributed by atoms with Crippen molar-refractivity contribution in [3.63, 3.8) is 0 Å². The molecule has 0 bridgehead atoms. The van der Waals surface area contributed by atoms with Gasteiger partial charge in [0.1, 0.15) is 11.5 Å². The topological polar surface area (TPSA) is 128 Å². The number of aryl methyl sites for hydroxylation is 1. The Morgan fingerprint density at radius 1 is 1.06 bits per heavy atom. The number of hydrogen-bond acceptors (Lipinski definition) is 8. The fourth-order valence-corrected chi connectivity index (χ4v) is 2.53. The average molecular weight is 425 g/mol. The molecule has 31 heavy (non-hydrogen) atoms. The molecule has 1 aromatic carbocycles. The normalized spacial score (nSPS) is 11.4. The maximum atomic E-state index is 12.1. The van der Waals surface area contributed by atoms with E-state index in [9.17, 15) is 9.59 Å². The van der Waals surface area contributed by atoms with Gasteiger partial charge < -0.3 is 14.0 Å². The van der Waals surface area contributed by atoms with Gasteiger partial charge in [-0.2, -0.15) is 4.98 Å². The molecule has 0 saturated heterocycles. The Kier molecular flexibility index (Phi) is 7.52. The van der Waals surface area contributed by atoms with E-state index in [4.69, 9.17) is 14.0 Å². The van der Waals surface area contributed by atoms with Gasteiger partial charge in [0, 0.05) is 30.8 Å². The molecule has 0 aliphatic rings. The first-order chi connectivity index (χ1) is 15.0. The summed E-state index contributed by atoms with van der Waals surface area (Å²) < 4.78 is 16.1. The first-order valence-corrected chi connectivity index (χ1v) is 9.76. The molecular formula is C21H23N5O5. The van der Waals surface area contributed by atoms with Crippen molar-refractivity contribution in [2.45, 2.75) is 32.8 Å². The van der Waals surface area contributed by atoms with Crippen molar-refractivity contribution in [1.29, 1.82) is 0 Å². The van der Waals surface area contributed by atoms with Crippen LogP contribution in [0.15, 0.2) is 53.3 Å². The number of aromatic nitrogens is 3. The predicted octanol–water partition coefficient (Wildman–Crippen LogP) is 2.08. The number of carbonyl (C=O) groups is 2. The van der Waals surface area contributed by atoms with Crippen LogP contribution in [0, 0.1) is 0 Å². The SMILES string of the molecule is CCOc1ccc(OC(C)C(=O)NNC(=O)CCc2nc(-c3ccncc3)no2)cc1. The summed E-state index contributed by atoms with van der Waals surface area (Å²) in [5, 5.41) is 3.88. The van der Waals surface area contributed by atoms with Crippen molar-refractivity contribution in [2.24, 2.45) is 0 Å². The van der Waals surface area contributed by atoms with Gasteiger partial charge in [-0.25, -0.2) is 0 Å². The standard InChI is InChI=1S/C21H23N5O5/c1-3-29-16-4-6-17(7-5-16)30-14(2)21(28)25-24-18(27)8-9-19-23-20(26-31-19)15-10-12-22-13-11-15/h4-7,10-14H,3,8-9H2,1-2H3,(H,24,27)(H,25,28). The number of hydrazine groups is 1. The van der Waals surface area contributed by atoms with Gasteiger partial charge >= 0.3 is 0 Å². The van der Waals surface area contributed by atoms with Gasteiger partial charge in [0.2, 0.25) is 17.6 Å². The number of pyridine rings is 1. The Bertz CT molecular complexity index is 991. The van der Waals surface area contributed by atoms with Crippen molar-refractivity contribution in [3.8, 4) is 22.9 Å². The van der Waals surface area contributed by atoms with Gasteiger partial charge in [-0.05, 0) is 50.2 Å². The highest BCUT2D eigenvalue weighted by atomic mass is 16.5. The average Bonchev–Trinajstić information content (AvgIpc) is 3.27. The van der Waals surface area contributed by atoms with E-state index < -0.39 is 17.9 Å². The molecule has 1 atom stereocenters. The number of ether oxygens (including phenoxy) is 2. The van der Waals surface area contributed by atoms with Crippen molar-refractivity contribution in [2.75, 3.05) is 6.61 Å². The molecule has 162 valence electrons. The second-order valence-corrected chi connectivity index (χ2v) is 6.45. The third-order valence-corrected chi connectivity index (χ3v) is 4.11. The van der Waals surface area contributed by atoms with E-state index in [-0.39, 0.29) is 12.8 Å². The van der Waals surface area contributed by atoms with Crippen LogP contribution in [0.2, 0.25) is 0 Å². The van der Waals surface area contributed by atoms with Gasteiger partial charge in [-0.1, -0.05) is 5.16 Å². The van der Waals surface area contributed by atoms with Crippen molar-refractivity contribution >= 4 is 11.8 Å². The molecule has 2 N–H and O–H groups in total. The smallest absolute Gasteiger partial charge is 0.279 e. The Morgan fingerprint density at radius 3 is 2.48 bits per heavy atom. The zero-order valence-electron chi connectivity index (χ0n) is 17.2. The van der Waals surface area contributed by atoms with Crippen LogP contribution in [0.1, 0.15) is 26.2 Å². The lowest BCUT2D eigenvalue weighted by Gasteiger charge is -2.15. The highest BCUT2D eigenvalue weighted by Gasteiger charge is 2.16. The van der Waals surface area contributed by atoms with E-state index in [2.05, 4.69) is 26.0 Å². The van der Waals surface area contributed by atoms with Crippen LogP contribution in [-0.4, -0.2) is 39.6 Å². The zero-order valence-corrected chi connectivity index (χ0v) is 17.2. The van der Waals surface area contributed by atoms with Crippen molar-refractivity contribution in [1.82, 2.24) is 26.0 Å². The summed E-state index contributed by atoms with van der Waals surface area (Å²) in [4.78, 5) is 32.3. The minimum atomic E-state index is -0.808. The molecule has 2 amide bonds. The van der Waals surface area contributed by atoms with E-state index in [1.165, 1.54) is 0 Å². The number of nitrogens with zero attached hydrogens (tertiary/aromatic N) is 3. The summed E-state index contributed by atoms with van der Waals surface area (Å²) in [5.74, 6) is 1.09. The predicted molar refractivity (Wildman–Crippen MR) is 110 cm³/mol. The number of nitrogens with one attached hydrogen (secondary N) is 2. The lowest BCUT2D eigenvalue weighted by Crippen LogP contribution is -2.47. The molecule has 1 unspecified atom stereocenters. The molecule has 3 rings (SSSR count). The first-order valence-electron chi connectivity index (χ1n) is 9.76. The van der Waals surface area contributed by atoms with Gasteiger partial charge in [-0.15, -0.1) is 0 Å². The summed E-state index contributed by atoms with van der Waals surface area (Å²) in [6.07, 6.45) is 2.74. The van der Waals surface area contributed by atoms with Crippen LogP contribution in [0.5, 0.6) is 11.5 Å². The highest BCUT2D eigenvalue weighted by molar-refractivity contribution is 5.84. The maximum Gasteiger partial charge on any atom is 0.279 e. The molecule has 10 nitrogen and oxygen atoms in total. The highest BCUT2D eigenvalue weighted by Crippen LogP contribution is 2.18. The second kappa shape index (κ2) is 10.7. The Labute approximate surface area is 178 Å². The van der Waals surface area contributed by atoms with Crippen molar-refractivity contribution < 1.29 is 23.6 Å². The monoisotopic (exact) mass is 425 g/mol. The fraction of sp³-hybridized carbons (Fsp3) is 0.286. The third-order valence-electron chi connectivity index (χ3n) is 4.11. The second-order valence-electron chi connectivity index (χ2n) is 6.45. The maximum absolute atomic E-state index is 12.1. The van der Waals surface area contributed by atoms with Gasteiger partial charge in [0.05, 0.1) is 6.61 Å². The molecule has 0 aliphatic carbocycles. The Hall–Kier alpha value is -3.95. The van der Waals surface area contributed by atoms with Gasteiger partial charge in [-0.3, -0.25) is 25.4 Å². The third kappa shape index (κ3) is 6.53. The van der Waals surface area contributed by atoms with E-state index in [1.54, 1.807) is 55.7 Å². The Morgan fingerprint density at radius 2 is 1.77 bits per heavy atom. The molecular weight excluding hydrogens is 402 g/mol. The van der Waals surface area contributed by atoms with Crippen LogP contribution >= 0.6 is 0 Å². The van der Waals surface area contributed by atoms with Crippen molar-refractivity contribution in [3.05, 3.63) is 54.7 Å². The van der Waals surface area contributed by atoms with Crippen LogP contribution in [0.25, 0.3) is 11.4 Å². The molecule has 3 aromatic rings. The minimum absolute atomic E-state index is 0.0619. The summed E-state index contributed by atoms with van der Waals surface area (Å²) in [6, 6.07) is 10.4. The quantitative estimate of drug-likeness (QED) is 0.499. The van der Waals surface area contributed by atoms with Gasteiger partial charge in [0.25, 0.3) is 5.91 Å². The van der Waals surface area contributed by atoms with Crippen LogP contribution < -0.4 is 20.3 Å². The molecule has 0 aliphatic heterocycles. The summed E-state index contributed by atoms with van der Waals surface area (Å²) in [5.41, 5.74) is 5.45. The number of amides is 2. The molecule has 0 fully saturated rings. The molecule has 10 heteroatoms.